The molecule has 0 bridgehead atoms. The van der Waals surface area contributed by atoms with E-state index in [4.69, 9.17) is 10.5 Å². The monoisotopic (exact) mass is 226 g/mol. The van der Waals surface area contributed by atoms with Gasteiger partial charge in [-0.3, -0.25) is 0 Å². The van der Waals surface area contributed by atoms with Crippen LogP contribution in [0, 0.1) is 28.5 Å². The minimum atomic E-state index is -0.390. The molecule has 1 aromatic carbocycles. The number of fused-ring (bicyclic) bond motifs is 1. The lowest BCUT2D eigenvalue weighted by molar-refractivity contribution is 0.638. The second-order valence-corrected chi connectivity index (χ2v) is 3.33. The number of nitrogens with zero attached hydrogens (tertiary/aromatic N) is 2. The lowest BCUT2D eigenvalue weighted by atomic mass is 10.2. The first-order valence-corrected chi connectivity index (χ1v) is 4.78. The molecule has 0 atom stereocenters. The number of aromatic amines is 1. The predicted octanol–water partition coefficient (Wildman–Crippen LogP) is 2.65. The number of rotatable bonds is 2. The van der Waals surface area contributed by atoms with E-state index in [9.17, 15) is 4.39 Å². The summed E-state index contributed by atoms with van der Waals surface area (Å²) < 4.78 is 13.5. The zero-order valence-electron chi connectivity index (χ0n) is 8.66. The van der Waals surface area contributed by atoms with Crippen LogP contribution in [0.1, 0.15) is 0 Å². The Hall–Kier alpha value is -2.79. The number of allylic oxidation sites excluding steroid dienone is 1. The highest BCUT2D eigenvalue weighted by Crippen LogP contribution is 2.21. The van der Waals surface area contributed by atoms with Gasteiger partial charge in [-0.05, 0) is 18.2 Å². The molecule has 0 spiro atoms. The zero-order valence-corrected chi connectivity index (χ0v) is 8.66. The quantitative estimate of drug-likeness (QED) is 0.773. The summed E-state index contributed by atoms with van der Waals surface area (Å²) in [5, 5.41) is 20.5. The molecule has 0 aliphatic carbocycles. The van der Waals surface area contributed by atoms with E-state index in [1.807, 2.05) is 0 Å². The van der Waals surface area contributed by atoms with E-state index in [1.54, 1.807) is 30.5 Å². The fraction of sp³-hybridized carbons (Fsp3) is 0. The molecule has 0 amide bonds. The van der Waals surface area contributed by atoms with Gasteiger partial charge in [0.2, 0.25) is 0 Å². The van der Waals surface area contributed by atoms with Gasteiger partial charge in [0.1, 0.15) is 23.5 Å². The molecule has 2 N–H and O–H groups in total. The van der Waals surface area contributed by atoms with E-state index in [2.05, 4.69) is 10.3 Å². The van der Waals surface area contributed by atoms with Crippen LogP contribution in [-0.2, 0) is 0 Å². The van der Waals surface area contributed by atoms with Gasteiger partial charge in [0.25, 0.3) is 0 Å². The fourth-order valence-electron chi connectivity index (χ4n) is 1.45. The molecule has 0 radical (unpaired) electrons. The summed E-state index contributed by atoms with van der Waals surface area (Å²) in [6.07, 6.45) is 2.89. The molecule has 17 heavy (non-hydrogen) atoms. The summed E-state index contributed by atoms with van der Waals surface area (Å²) >= 11 is 0. The molecule has 5 heteroatoms. The van der Waals surface area contributed by atoms with Crippen molar-refractivity contribution >= 4 is 16.6 Å². The van der Waals surface area contributed by atoms with Crippen LogP contribution in [0.25, 0.3) is 10.9 Å². The Bertz CT molecular complexity index is 654. The Morgan fingerprint density at radius 3 is 2.82 bits per heavy atom. The Kier molecular flexibility index (Phi) is 2.76. The molecule has 82 valence electrons. The molecular formula is C12H7FN4. The molecule has 2 aromatic rings. The van der Waals surface area contributed by atoms with Crippen LogP contribution in [0.5, 0.6) is 0 Å². The molecular weight excluding hydrogens is 219 g/mol. The second-order valence-electron chi connectivity index (χ2n) is 3.33. The molecule has 0 unspecified atom stereocenters. The van der Waals surface area contributed by atoms with Gasteiger partial charge in [-0.1, -0.05) is 0 Å². The number of benzene rings is 1. The lowest BCUT2D eigenvalue weighted by Crippen LogP contribution is -1.91. The number of nitriles is 2. The average molecular weight is 226 g/mol. The van der Waals surface area contributed by atoms with Crippen molar-refractivity contribution < 1.29 is 4.39 Å². The minimum Gasteiger partial charge on any atom is -0.360 e. The molecule has 4 nitrogen and oxygen atoms in total. The maximum Gasteiger partial charge on any atom is 0.149 e. The van der Waals surface area contributed by atoms with Gasteiger partial charge in [-0.25, -0.2) is 4.39 Å². The molecule has 0 aliphatic heterocycles. The van der Waals surface area contributed by atoms with Crippen LogP contribution in [0.4, 0.5) is 10.1 Å². The summed E-state index contributed by atoms with van der Waals surface area (Å²) in [6.45, 7) is 0. The van der Waals surface area contributed by atoms with Gasteiger partial charge in [-0.15, -0.1) is 0 Å². The Balaban J connectivity index is 2.35. The summed E-state index contributed by atoms with van der Waals surface area (Å²) in [5.74, 6) is -0.390. The van der Waals surface area contributed by atoms with Gasteiger partial charge in [-0.2, -0.15) is 10.5 Å². The number of hydrogen-bond acceptors (Lipinski definition) is 3. The van der Waals surface area contributed by atoms with E-state index < -0.39 is 0 Å². The van der Waals surface area contributed by atoms with Crippen molar-refractivity contribution in [1.29, 1.82) is 10.5 Å². The van der Waals surface area contributed by atoms with E-state index >= 15 is 0 Å². The summed E-state index contributed by atoms with van der Waals surface area (Å²) in [6, 6.07) is 8.16. The van der Waals surface area contributed by atoms with Gasteiger partial charge in [0.15, 0.2) is 0 Å². The maximum atomic E-state index is 13.5. The molecule has 0 saturated heterocycles. The number of nitrogens with one attached hydrogen (secondary N) is 2. The maximum absolute atomic E-state index is 13.5. The lowest BCUT2D eigenvalue weighted by Gasteiger charge is -2.01. The minimum absolute atomic E-state index is 0.0698. The van der Waals surface area contributed by atoms with Gasteiger partial charge in [0.05, 0.1) is 5.52 Å². The van der Waals surface area contributed by atoms with Crippen LogP contribution in [-0.4, -0.2) is 4.98 Å². The van der Waals surface area contributed by atoms with Gasteiger partial charge >= 0.3 is 0 Å². The van der Waals surface area contributed by atoms with E-state index in [-0.39, 0.29) is 11.4 Å². The fourth-order valence-corrected chi connectivity index (χ4v) is 1.45. The number of H-pyrrole nitrogens is 1. The molecule has 0 aliphatic rings. The van der Waals surface area contributed by atoms with Crippen LogP contribution in [0.3, 0.4) is 0 Å². The van der Waals surface area contributed by atoms with Gasteiger partial charge < -0.3 is 10.3 Å². The van der Waals surface area contributed by atoms with Crippen molar-refractivity contribution in [3.63, 3.8) is 0 Å². The smallest absolute Gasteiger partial charge is 0.149 e. The highest BCUT2D eigenvalue weighted by molar-refractivity contribution is 5.83. The van der Waals surface area contributed by atoms with Crippen molar-refractivity contribution in [3.05, 3.63) is 42.0 Å². The van der Waals surface area contributed by atoms with Crippen molar-refractivity contribution in [2.75, 3.05) is 5.32 Å². The molecule has 0 saturated carbocycles. The summed E-state index contributed by atoms with van der Waals surface area (Å²) in [5.41, 5.74) is 0.845. The van der Waals surface area contributed by atoms with Crippen molar-refractivity contribution in [2.24, 2.45) is 0 Å². The van der Waals surface area contributed by atoms with Crippen LogP contribution < -0.4 is 5.32 Å². The predicted molar refractivity (Wildman–Crippen MR) is 61.2 cm³/mol. The Labute approximate surface area is 96.6 Å². The molecule has 1 heterocycles. The molecule has 1 aromatic heterocycles. The van der Waals surface area contributed by atoms with Crippen LogP contribution >= 0.6 is 0 Å². The van der Waals surface area contributed by atoms with Crippen LogP contribution in [0.2, 0.25) is 0 Å². The Morgan fingerprint density at radius 2 is 2.12 bits per heavy atom. The second kappa shape index (κ2) is 4.38. The van der Waals surface area contributed by atoms with Crippen molar-refractivity contribution in [1.82, 2.24) is 4.98 Å². The summed E-state index contributed by atoms with van der Waals surface area (Å²) in [7, 11) is 0. The summed E-state index contributed by atoms with van der Waals surface area (Å²) in [4.78, 5) is 2.78. The highest BCUT2D eigenvalue weighted by Gasteiger charge is 2.03. The Morgan fingerprint density at radius 1 is 1.35 bits per heavy atom. The van der Waals surface area contributed by atoms with Crippen LogP contribution in [0.15, 0.2) is 36.2 Å². The molecule has 0 fully saturated rings. The van der Waals surface area contributed by atoms with E-state index in [0.717, 1.165) is 5.39 Å². The number of aromatic nitrogens is 1. The van der Waals surface area contributed by atoms with Crippen molar-refractivity contribution in [3.8, 4) is 12.1 Å². The first-order valence-electron chi connectivity index (χ1n) is 4.78. The number of anilines is 1. The van der Waals surface area contributed by atoms with Crippen molar-refractivity contribution in [2.45, 2.75) is 0 Å². The highest BCUT2D eigenvalue weighted by atomic mass is 19.1. The normalized spacial score (nSPS) is 9.35. The number of halogens is 1. The topological polar surface area (TPSA) is 75.4 Å². The standard InChI is InChI=1S/C12H7FN4/c13-11-4-10(17-7-8(5-14)6-15)3-9-1-2-16-12(9)11/h1-4,7,16-17H. The van der Waals surface area contributed by atoms with E-state index in [0.29, 0.717) is 11.2 Å². The van der Waals surface area contributed by atoms with Gasteiger partial charge in [0, 0.05) is 23.5 Å². The zero-order chi connectivity index (χ0) is 12.3. The third kappa shape index (κ3) is 2.09. The van der Waals surface area contributed by atoms with E-state index in [1.165, 1.54) is 12.3 Å². The first kappa shape index (κ1) is 10.7. The first-order chi connectivity index (χ1) is 8.24. The SMILES string of the molecule is N#CC(C#N)=CNc1cc(F)c2[nH]ccc2c1. The molecule has 2 rings (SSSR count). The average Bonchev–Trinajstić information content (AvgIpc) is 2.79. The third-order valence-corrected chi connectivity index (χ3v) is 2.24. The third-order valence-electron chi connectivity index (χ3n) is 2.24. The number of hydrogen-bond donors (Lipinski definition) is 2. The largest absolute Gasteiger partial charge is 0.360 e.